The number of amides is 2. The summed E-state index contributed by atoms with van der Waals surface area (Å²) in [6, 6.07) is 8.14. The first kappa shape index (κ1) is 18.5. The Bertz CT molecular complexity index is 596. The molecule has 1 aromatic carbocycles. The quantitative estimate of drug-likeness (QED) is 0.923. The number of piperidine rings is 1. The molecule has 0 saturated carbocycles. The number of hydrogen-bond acceptors (Lipinski definition) is 2. The first-order valence-electron chi connectivity index (χ1n) is 8.85. The second-order valence-electron chi connectivity index (χ2n) is 7.90. The van der Waals surface area contributed by atoms with E-state index in [1.165, 1.54) is 5.56 Å². The molecule has 24 heavy (non-hydrogen) atoms. The summed E-state index contributed by atoms with van der Waals surface area (Å²) in [7, 11) is 0. The average molecular weight is 330 g/mol. The maximum absolute atomic E-state index is 12.6. The molecule has 1 aromatic rings. The van der Waals surface area contributed by atoms with Crippen LogP contribution in [0.2, 0.25) is 0 Å². The zero-order valence-electron chi connectivity index (χ0n) is 15.6. The Morgan fingerprint density at radius 3 is 2.29 bits per heavy atom. The van der Waals surface area contributed by atoms with Crippen LogP contribution in [-0.2, 0) is 9.59 Å². The van der Waals surface area contributed by atoms with Gasteiger partial charge in [-0.1, -0.05) is 45.0 Å². The Morgan fingerprint density at radius 2 is 1.75 bits per heavy atom. The highest BCUT2D eigenvalue weighted by atomic mass is 16.2. The van der Waals surface area contributed by atoms with Gasteiger partial charge in [0.05, 0.1) is 6.04 Å². The van der Waals surface area contributed by atoms with Crippen molar-refractivity contribution < 1.29 is 9.59 Å². The molecule has 4 heteroatoms. The van der Waals surface area contributed by atoms with Crippen molar-refractivity contribution in [3.05, 3.63) is 35.4 Å². The van der Waals surface area contributed by atoms with Gasteiger partial charge in [0.25, 0.3) is 0 Å². The number of carbonyl (C=O) groups excluding carboxylic acids is 2. The van der Waals surface area contributed by atoms with Gasteiger partial charge in [0.2, 0.25) is 11.8 Å². The van der Waals surface area contributed by atoms with Crippen molar-refractivity contribution in [2.45, 2.75) is 53.5 Å². The lowest BCUT2D eigenvalue weighted by molar-refractivity contribution is -0.142. The Labute approximate surface area is 145 Å². The van der Waals surface area contributed by atoms with Gasteiger partial charge in [-0.2, -0.15) is 0 Å². The lowest BCUT2D eigenvalue weighted by Crippen LogP contribution is -2.46. The fourth-order valence-electron chi connectivity index (χ4n) is 3.30. The standard InChI is InChI=1S/C20H30N2O2/c1-14-8-6-7-9-17(14)15(2)21-18(23)16-10-12-22(13-11-16)19(24)20(3,4)5/h6-9,15-16H,10-13H2,1-5H3,(H,21,23). The van der Waals surface area contributed by atoms with Crippen molar-refractivity contribution in [2.75, 3.05) is 13.1 Å². The van der Waals surface area contributed by atoms with Crippen LogP contribution in [0.5, 0.6) is 0 Å². The normalized spacial score (nSPS) is 17.5. The highest BCUT2D eigenvalue weighted by molar-refractivity contribution is 5.83. The molecule has 0 bridgehead atoms. The van der Waals surface area contributed by atoms with Crippen LogP contribution >= 0.6 is 0 Å². The van der Waals surface area contributed by atoms with Crippen molar-refractivity contribution in [1.29, 1.82) is 0 Å². The third kappa shape index (κ3) is 4.37. The Balaban J connectivity index is 1.89. The van der Waals surface area contributed by atoms with E-state index in [1.807, 2.05) is 44.7 Å². The van der Waals surface area contributed by atoms with Gasteiger partial charge < -0.3 is 10.2 Å². The minimum Gasteiger partial charge on any atom is -0.349 e. The van der Waals surface area contributed by atoms with Gasteiger partial charge in [-0.3, -0.25) is 9.59 Å². The van der Waals surface area contributed by atoms with Gasteiger partial charge in [-0.05, 0) is 37.8 Å². The van der Waals surface area contributed by atoms with Crippen molar-refractivity contribution in [1.82, 2.24) is 10.2 Å². The molecule has 0 aromatic heterocycles. The first-order chi connectivity index (χ1) is 11.2. The fraction of sp³-hybridized carbons (Fsp3) is 0.600. The number of nitrogens with zero attached hydrogens (tertiary/aromatic N) is 1. The first-order valence-corrected chi connectivity index (χ1v) is 8.85. The lowest BCUT2D eigenvalue weighted by Gasteiger charge is -2.35. The number of aryl methyl sites for hydroxylation is 1. The maximum Gasteiger partial charge on any atom is 0.227 e. The van der Waals surface area contributed by atoms with Crippen LogP contribution in [0.3, 0.4) is 0 Å². The van der Waals surface area contributed by atoms with E-state index in [4.69, 9.17) is 0 Å². The Morgan fingerprint density at radius 1 is 1.17 bits per heavy atom. The van der Waals surface area contributed by atoms with E-state index < -0.39 is 0 Å². The van der Waals surface area contributed by atoms with Crippen LogP contribution in [0.1, 0.15) is 57.7 Å². The minimum atomic E-state index is -0.353. The molecule has 2 rings (SSSR count). The molecule has 1 N–H and O–H groups in total. The van der Waals surface area contributed by atoms with E-state index in [1.54, 1.807) is 0 Å². The minimum absolute atomic E-state index is 0.000451. The second kappa shape index (κ2) is 7.37. The molecule has 0 radical (unpaired) electrons. The van der Waals surface area contributed by atoms with Crippen LogP contribution < -0.4 is 5.32 Å². The van der Waals surface area contributed by atoms with Crippen molar-refractivity contribution in [2.24, 2.45) is 11.3 Å². The molecule has 0 spiro atoms. The molecule has 1 unspecified atom stereocenters. The summed E-state index contributed by atoms with van der Waals surface area (Å²) in [5.74, 6) is 0.281. The maximum atomic E-state index is 12.6. The zero-order chi connectivity index (χ0) is 17.9. The molecule has 0 aliphatic carbocycles. The zero-order valence-corrected chi connectivity index (χ0v) is 15.6. The molecule has 132 valence electrons. The van der Waals surface area contributed by atoms with Crippen LogP contribution in [0.4, 0.5) is 0 Å². The number of rotatable bonds is 3. The number of nitrogens with one attached hydrogen (secondary N) is 1. The van der Waals surface area contributed by atoms with E-state index in [9.17, 15) is 9.59 Å². The highest BCUT2D eigenvalue weighted by Crippen LogP contribution is 2.25. The van der Waals surface area contributed by atoms with E-state index in [0.29, 0.717) is 13.1 Å². The molecule has 1 saturated heterocycles. The van der Waals surface area contributed by atoms with Crippen LogP contribution in [0, 0.1) is 18.3 Å². The van der Waals surface area contributed by atoms with Gasteiger partial charge in [0, 0.05) is 24.4 Å². The molecule has 1 aliphatic heterocycles. The summed E-state index contributed by atoms with van der Waals surface area (Å²) in [4.78, 5) is 26.8. The smallest absolute Gasteiger partial charge is 0.227 e. The predicted molar refractivity (Wildman–Crippen MR) is 96.5 cm³/mol. The van der Waals surface area contributed by atoms with Gasteiger partial charge in [-0.15, -0.1) is 0 Å². The Kier molecular flexibility index (Phi) is 5.68. The summed E-state index contributed by atoms with van der Waals surface area (Å²) in [5, 5.41) is 3.14. The summed E-state index contributed by atoms with van der Waals surface area (Å²) in [5.41, 5.74) is 2.00. The van der Waals surface area contributed by atoms with Crippen molar-refractivity contribution in [3.8, 4) is 0 Å². The third-order valence-electron chi connectivity index (χ3n) is 4.81. The molecular formula is C20H30N2O2. The summed E-state index contributed by atoms with van der Waals surface area (Å²) < 4.78 is 0. The summed E-state index contributed by atoms with van der Waals surface area (Å²) >= 11 is 0. The number of carbonyl (C=O) groups is 2. The van der Waals surface area contributed by atoms with E-state index >= 15 is 0 Å². The lowest BCUT2D eigenvalue weighted by atomic mass is 9.90. The topological polar surface area (TPSA) is 49.4 Å². The highest BCUT2D eigenvalue weighted by Gasteiger charge is 2.32. The molecule has 2 amide bonds. The number of likely N-dealkylation sites (tertiary alicyclic amines) is 1. The van der Waals surface area contributed by atoms with Crippen LogP contribution in [0.15, 0.2) is 24.3 Å². The monoisotopic (exact) mass is 330 g/mol. The SMILES string of the molecule is Cc1ccccc1C(C)NC(=O)C1CCN(C(=O)C(C)(C)C)CC1. The molecule has 1 fully saturated rings. The Hall–Kier alpha value is -1.84. The summed E-state index contributed by atoms with van der Waals surface area (Å²) in [6.07, 6.45) is 1.49. The van der Waals surface area contributed by atoms with E-state index in [2.05, 4.69) is 24.4 Å². The predicted octanol–water partition coefficient (Wildman–Crippen LogP) is 3.46. The van der Waals surface area contributed by atoms with Gasteiger partial charge in [0.1, 0.15) is 0 Å². The molecule has 1 aliphatic rings. The fourth-order valence-corrected chi connectivity index (χ4v) is 3.30. The van der Waals surface area contributed by atoms with Crippen LogP contribution in [0.25, 0.3) is 0 Å². The molecule has 1 atom stereocenters. The van der Waals surface area contributed by atoms with Gasteiger partial charge in [0.15, 0.2) is 0 Å². The third-order valence-corrected chi connectivity index (χ3v) is 4.81. The van der Waals surface area contributed by atoms with Crippen molar-refractivity contribution >= 4 is 11.8 Å². The number of benzene rings is 1. The molecular weight excluding hydrogens is 300 g/mol. The largest absolute Gasteiger partial charge is 0.349 e. The van der Waals surface area contributed by atoms with Crippen molar-refractivity contribution in [3.63, 3.8) is 0 Å². The van der Waals surface area contributed by atoms with Crippen LogP contribution in [-0.4, -0.2) is 29.8 Å². The summed E-state index contributed by atoms with van der Waals surface area (Å²) in [6.45, 7) is 11.3. The van der Waals surface area contributed by atoms with E-state index in [-0.39, 0.29) is 29.2 Å². The van der Waals surface area contributed by atoms with Gasteiger partial charge in [-0.25, -0.2) is 0 Å². The molecule has 4 nitrogen and oxygen atoms in total. The second-order valence-corrected chi connectivity index (χ2v) is 7.90. The van der Waals surface area contributed by atoms with E-state index in [0.717, 1.165) is 18.4 Å². The molecule has 1 heterocycles. The van der Waals surface area contributed by atoms with Gasteiger partial charge >= 0.3 is 0 Å². The average Bonchev–Trinajstić information content (AvgIpc) is 2.53. The number of hydrogen-bond donors (Lipinski definition) is 1.